The average Bonchev–Trinajstić information content (AvgIpc) is 3.27. The van der Waals surface area contributed by atoms with Crippen LogP contribution in [0.25, 0.3) is 22.4 Å². The lowest BCUT2D eigenvalue weighted by Gasteiger charge is -2.11. The maximum Gasteiger partial charge on any atom is 0.433 e. The predicted octanol–water partition coefficient (Wildman–Crippen LogP) is 4.26. The van der Waals surface area contributed by atoms with E-state index in [1.54, 1.807) is 37.5 Å². The van der Waals surface area contributed by atoms with Gasteiger partial charge in [-0.3, -0.25) is 9.78 Å². The van der Waals surface area contributed by atoms with Crippen molar-refractivity contribution < 1.29 is 27.1 Å². The van der Waals surface area contributed by atoms with Gasteiger partial charge in [-0.1, -0.05) is 6.07 Å². The topological polar surface area (TPSA) is 116 Å². The van der Waals surface area contributed by atoms with Gasteiger partial charge in [0.1, 0.15) is 17.0 Å². The van der Waals surface area contributed by atoms with Gasteiger partial charge < -0.3 is 20.2 Å². The Kier molecular flexibility index (Phi) is 6.20. The van der Waals surface area contributed by atoms with Crippen molar-refractivity contribution in [3.8, 4) is 17.2 Å². The summed E-state index contributed by atoms with van der Waals surface area (Å²) in [5, 5.41) is 3.05. The molecule has 0 aliphatic rings. The van der Waals surface area contributed by atoms with E-state index in [9.17, 15) is 18.0 Å². The number of rotatable bonds is 6. The number of nitrogens with zero attached hydrogens (tertiary/aromatic N) is 3. The van der Waals surface area contributed by atoms with Crippen LogP contribution in [-0.4, -0.2) is 28.0 Å². The number of oxazole rings is 1. The lowest BCUT2D eigenvalue weighted by atomic mass is 10.1. The van der Waals surface area contributed by atoms with Gasteiger partial charge in [-0.2, -0.15) is 13.2 Å². The fourth-order valence-corrected chi connectivity index (χ4v) is 3.39. The van der Waals surface area contributed by atoms with Gasteiger partial charge in [0, 0.05) is 29.9 Å². The van der Waals surface area contributed by atoms with E-state index >= 15 is 0 Å². The van der Waals surface area contributed by atoms with E-state index < -0.39 is 23.8 Å². The number of nitrogens with two attached hydrogens (primary N) is 1. The first-order valence-corrected chi connectivity index (χ1v) is 10.2. The van der Waals surface area contributed by atoms with Crippen LogP contribution in [0.2, 0.25) is 0 Å². The number of fused-ring (bicyclic) bond motifs is 1. The van der Waals surface area contributed by atoms with E-state index in [0.29, 0.717) is 10.9 Å². The van der Waals surface area contributed by atoms with Crippen LogP contribution in [0.5, 0.6) is 5.75 Å². The van der Waals surface area contributed by atoms with Crippen molar-refractivity contribution in [2.75, 3.05) is 7.11 Å². The highest BCUT2D eigenvalue weighted by Gasteiger charge is 2.33. The number of benzene rings is 1. The highest BCUT2D eigenvalue weighted by atomic mass is 19.4. The first-order chi connectivity index (χ1) is 16.2. The minimum atomic E-state index is -4.63. The van der Waals surface area contributed by atoms with Gasteiger partial charge in [0.15, 0.2) is 11.5 Å². The highest BCUT2D eigenvalue weighted by Crippen LogP contribution is 2.37. The zero-order valence-corrected chi connectivity index (χ0v) is 18.2. The molecule has 0 aliphatic heterocycles. The number of aromatic nitrogens is 3. The molecule has 0 radical (unpaired) electrons. The number of alkyl halides is 3. The van der Waals surface area contributed by atoms with Gasteiger partial charge in [0.25, 0.3) is 5.91 Å². The fourth-order valence-electron chi connectivity index (χ4n) is 3.39. The number of carbonyl (C=O) groups is 1. The Bertz CT molecular complexity index is 1340. The molecule has 0 spiro atoms. The molecule has 1 aromatic carbocycles. The molecule has 4 rings (SSSR count). The Morgan fingerprint density at radius 3 is 2.65 bits per heavy atom. The van der Waals surface area contributed by atoms with Crippen LogP contribution in [0.15, 0.2) is 53.2 Å². The lowest BCUT2D eigenvalue weighted by Crippen LogP contribution is -2.25. The summed E-state index contributed by atoms with van der Waals surface area (Å²) in [5.41, 5.74) is 6.03. The second-order valence-corrected chi connectivity index (χ2v) is 7.47. The van der Waals surface area contributed by atoms with Crippen LogP contribution in [-0.2, 0) is 12.7 Å². The third-order valence-corrected chi connectivity index (χ3v) is 5.02. The first-order valence-electron chi connectivity index (χ1n) is 10.2. The van der Waals surface area contributed by atoms with Gasteiger partial charge in [-0.25, -0.2) is 9.97 Å². The molecule has 176 valence electrons. The standard InChI is InChI=1S/C23H20F3N5O3/c1-12(27)20-19(21(32)29-11-13-4-3-9-28-10-13)31-22(34-20)15-5-7-16(33-2)18-14(15)6-8-17(30-18)23(24,25)26/h3-10,12H,11,27H2,1-2H3,(H,29,32)/t12-/m0/s1. The van der Waals surface area contributed by atoms with E-state index in [4.69, 9.17) is 14.9 Å². The zero-order chi connectivity index (χ0) is 24.5. The summed E-state index contributed by atoms with van der Waals surface area (Å²) in [6, 6.07) is 8.05. The molecule has 0 saturated carbocycles. The smallest absolute Gasteiger partial charge is 0.433 e. The van der Waals surface area contributed by atoms with Crippen LogP contribution < -0.4 is 15.8 Å². The number of hydrogen-bond acceptors (Lipinski definition) is 7. The van der Waals surface area contributed by atoms with Gasteiger partial charge in [-0.15, -0.1) is 0 Å². The summed E-state index contributed by atoms with van der Waals surface area (Å²) in [7, 11) is 1.33. The number of carbonyl (C=O) groups excluding carboxylic acids is 1. The fraction of sp³-hybridized carbons (Fsp3) is 0.217. The first kappa shape index (κ1) is 23.2. The zero-order valence-electron chi connectivity index (χ0n) is 18.2. The molecular formula is C23H20F3N5O3. The minimum Gasteiger partial charge on any atom is -0.494 e. The molecule has 0 fully saturated rings. The second kappa shape index (κ2) is 9.10. The number of pyridine rings is 2. The van der Waals surface area contributed by atoms with E-state index in [1.807, 2.05) is 0 Å². The summed E-state index contributed by atoms with van der Waals surface area (Å²) in [6.07, 6.45) is -1.39. The summed E-state index contributed by atoms with van der Waals surface area (Å²) >= 11 is 0. The Morgan fingerprint density at radius 1 is 1.21 bits per heavy atom. The van der Waals surface area contributed by atoms with E-state index in [1.165, 1.54) is 19.2 Å². The Labute approximate surface area is 192 Å². The molecule has 4 aromatic rings. The third-order valence-electron chi connectivity index (χ3n) is 5.02. The summed E-state index contributed by atoms with van der Waals surface area (Å²) < 4.78 is 50.6. The largest absolute Gasteiger partial charge is 0.494 e. The van der Waals surface area contributed by atoms with Gasteiger partial charge in [0.05, 0.1) is 13.2 Å². The molecule has 11 heteroatoms. The number of halogens is 3. The number of methoxy groups -OCH3 is 1. The van der Waals surface area contributed by atoms with Crippen LogP contribution in [0, 0.1) is 0 Å². The Balaban J connectivity index is 1.76. The Morgan fingerprint density at radius 2 is 2.00 bits per heavy atom. The van der Waals surface area contributed by atoms with Crippen molar-refractivity contribution in [1.82, 2.24) is 20.3 Å². The predicted molar refractivity (Wildman–Crippen MR) is 117 cm³/mol. The van der Waals surface area contributed by atoms with Crippen LogP contribution in [0.3, 0.4) is 0 Å². The summed E-state index contributed by atoms with van der Waals surface area (Å²) in [5.74, 6) is -0.199. The van der Waals surface area contributed by atoms with Crippen LogP contribution in [0.1, 0.15) is 40.5 Å². The quantitative estimate of drug-likeness (QED) is 0.432. The molecule has 0 saturated heterocycles. The average molecular weight is 471 g/mol. The summed E-state index contributed by atoms with van der Waals surface area (Å²) in [6.45, 7) is 1.84. The monoisotopic (exact) mass is 471 g/mol. The molecule has 0 bridgehead atoms. The second-order valence-electron chi connectivity index (χ2n) is 7.47. The van der Waals surface area contributed by atoms with Crippen LogP contribution in [0.4, 0.5) is 13.2 Å². The van der Waals surface area contributed by atoms with Crippen molar-refractivity contribution in [3.05, 3.63) is 71.5 Å². The molecule has 1 atom stereocenters. The van der Waals surface area contributed by atoms with Crippen molar-refractivity contribution in [2.24, 2.45) is 5.73 Å². The van der Waals surface area contributed by atoms with Gasteiger partial charge >= 0.3 is 6.18 Å². The van der Waals surface area contributed by atoms with Crippen molar-refractivity contribution >= 4 is 16.8 Å². The molecule has 8 nitrogen and oxygen atoms in total. The van der Waals surface area contributed by atoms with Crippen molar-refractivity contribution in [1.29, 1.82) is 0 Å². The molecule has 1 amide bonds. The van der Waals surface area contributed by atoms with Gasteiger partial charge in [0.2, 0.25) is 5.89 Å². The molecule has 0 aliphatic carbocycles. The van der Waals surface area contributed by atoms with E-state index in [-0.39, 0.29) is 35.2 Å². The van der Waals surface area contributed by atoms with Crippen molar-refractivity contribution in [3.63, 3.8) is 0 Å². The van der Waals surface area contributed by atoms with Crippen molar-refractivity contribution in [2.45, 2.75) is 25.7 Å². The molecule has 34 heavy (non-hydrogen) atoms. The molecule has 3 N–H and O–H groups in total. The number of amides is 1. The van der Waals surface area contributed by atoms with Crippen LogP contribution >= 0.6 is 0 Å². The van der Waals surface area contributed by atoms with E-state index in [2.05, 4.69) is 20.3 Å². The summed E-state index contributed by atoms with van der Waals surface area (Å²) in [4.78, 5) is 24.9. The minimum absolute atomic E-state index is 0.0158. The number of hydrogen-bond donors (Lipinski definition) is 2. The molecule has 0 unspecified atom stereocenters. The normalized spacial score (nSPS) is 12.5. The molecule has 3 aromatic heterocycles. The maximum absolute atomic E-state index is 13.2. The third kappa shape index (κ3) is 4.55. The maximum atomic E-state index is 13.2. The number of nitrogens with one attached hydrogen (secondary N) is 1. The Hall–Kier alpha value is -3.99. The molecular weight excluding hydrogens is 451 g/mol. The lowest BCUT2D eigenvalue weighted by molar-refractivity contribution is -0.140. The molecule has 3 heterocycles. The number of ether oxygens (including phenoxy) is 1. The highest BCUT2D eigenvalue weighted by molar-refractivity contribution is 5.98. The van der Waals surface area contributed by atoms with Gasteiger partial charge in [-0.05, 0) is 42.8 Å². The SMILES string of the molecule is COc1ccc(-c2nc(C(=O)NCc3cccnc3)c([C@H](C)N)o2)c2ccc(C(F)(F)F)nc12. The van der Waals surface area contributed by atoms with E-state index in [0.717, 1.165) is 11.6 Å².